The number of rotatable bonds is 4. The number of alkyl carbamates (subject to hydrolysis) is 1. The van der Waals surface area contributed by atoms with E-state index in [0.29, 0.717) is 6.54 Å². The Bertz CT molecular complexity index is 615. The highest BCUT2D eigenvalue weighted by molar-refractivity contribution is 5.77. The van der Waals surface area contributed by atoms with Gasteiger partial charge in [0.2, 0.25) is 0 Å². The summed E-state index contributed by atoms with van der Waals surface area (Å²) in [6.45, 7) is 6.12. The molecular weight excluding hydrogens is 266 g/mol. The van der Waals surface area contributed by atoms with E-state index in [1.54, 1.807) is 12.4 Å². The molecule has 0 saturated carbocycles. The molecule has 0 aliphatic rings. The molecule has 0 spiro atoms. The molecule has 1 heterocycles. The number of aromatic nitrogens is 2. The van der Waals surface area contributed by atoms with Gasteiger partial charge in [0.1, 0.15) is 5.60 Å². The second-order valence-corrected chi connectivity index (χ2v) is 5.87. The fourth-order valence-electron chi connectivity index (χ4n) is 2.04. The van der Waals surface area contributed by atoms with Crippen molar-refractivity contribution in [3.05, 3.63) is 36.2 Å². The van der Waals surface area contributed by atoms with Gasteiger partial charge in [0.25, 0.3) is 0 Å². The van der Waals surface area contributed by atoms with E-state index in [-0.39, 0.29) is 6.09 Å². The zero-order valence-corrected chi connectivity index (χ0v) is 12.7. The number of para-hydroxylation sites is 1. The Morgan fingerprint density at radius 1 is 1.24 bits per heavy atom. The molecule has 21 heavy (non-hydrogen) atoms. The van der Waals surface area contributed by atoms with Gasteiger partial charge in [-0.15, -0.1) is 0 Å². The molecule has 0 aliphatic heterocycles. The van der Waals surface area contributed by atoms with Crippen molar-refractivity contribution in [1.82, 2.24) is 15.3 Å². The molecule has 1 aromatic carbocycles. The molecule has 112 valence electrons. The number of benzene rings is 1. The smallest absolute Gasteiger partial charge is 0.407 e. The van der Waals surface area contributed by atoms with E-state index in [9.17, 15) is 4.79 Å². The van der Waals surface area contributed by atoms with Crippen LogP contribution in [0.3, 0.4) is 0 Å². The van der Waals surface area contributed by atoms with Crippen LogP contribution in [0.5, 0.6) is 0 Å². The first kappa shape index (κ1) is 15.2. The number of nitrogens with one attached hydrogen (secondary N) is 1. The number of carbonyl (C=O) groups is 1. The average molecular weight is 287 g/mol. The highest BCUT2D eigenvalue weighted by Gasteiger charge is 2.15. The van der Waals surface area contributed by atoms with Crippen LogP contribution in [-0.2, 0) is 11.2 Å². The van der Waals surface area contributed by atoms with Crippen molar-refractivity contribution in [1.29, 1.82) is 0 Å². The second-order valence-electron chi connectivity index (χ2n) is 5.87. The van der Waals surface area contributed by atoms with E-state index in [1.165, 1.54) is 0 Å². The first-order valence-corrected chi connectivity index (χ1v) is 7.11. The minimum absolute atomic E-state index is 0.375. The fourth-order valence-corrected chi connectivity index (χ4v) is 2.04. The van der Waals surface area contributed by atoms with Gasteiger partial charge in [-0.3, -0.25) is 9.97 Å². The third-order valence-electron chi connectivity index (χ3n) is 2.87. The van der Waals surface area contributed by atoms with Gasteiger partial charge >= 0.3 is 6.09 Å². The minimum atomic E-state index is -0.463. The van der Waals surface area contributed by atoms with Gasteiger partial charge in [-0.2, -0.15) is 0 Å². The Balaban J connectivity index is 1.84. The zero-order valence-electron chi connectivity index (χ0n) is 12.7. The largest absolute Gasteiger partial charge is 0.444 e. The topological polar surface area (TPSA) is 64.1 Å². The molecule has 0 bridgehead atoms. The van der Waals surface area contributed by atoms with Crippen molar-refractivity contribution in [3.63, 3.8) is 0 Å². The summed E-state index contributed by atoms with van der Waals surface area (Å²) in [5, 5.41) is 2.76. The third-order valence-corrected chi connectivity index (χ3v) is 2.87. The lowest BCUT2D eigenvalue weighted by atomic mass is 10.1. The van der Waals surface area contributed by atoms with Gasteiger partial charge in [0.15, 0.2) is 0 Å². The van der Waals surface area contributed by atoms with Crippen LogP contribution in [0.4, 0.5) is 4.79 Å². The van der Waals surface area contributed by atoms with Crippen molar-refractivity contribution in [2.24, 2.45) is 0 Å². The van der Waals surface area contributed by atoms with Crippen LogP contribution in [0.1, 0.15) is 32.8 Å². The number of carbonyl (C=O) groups excluding carboxylic acids is 1. The molecule has 1 aromatic heterocycles. The number of amides is 1. The Morgan fingerprint density at radius 3 is 2.76 bits per heavy atom. The number of hydrogen-bond donors (Lipinski definition) is 1. The highest BCUT2D eigenvalue weighted by atomic mass is 16.6. The molecule has 2 aromatic rings. The molecule has 0 saturated heterocycles. The van der Waals surface area contributed by atoms with Gasteiger partial charge in [0.05, 0.1) is 11.0 Å². The molecule has 0 fully saturated rings. The number of ether oxygens (including phenoxy) is 1. The SMILES string of the molecule is CC(C)(C)OC(=O)NCCCc1cccc2nccnc12. The summed E-state index contributed by atoms with van der Waals surface area (Å²) in [6.07, 6.45) is 4.68. The molecule has 5 heteroatoms. The Morgan fingerprint density at radius 2 is 2.00 bits per heavy atom. The molecule has 1 N–H and O–H groups in total. The summed E-state index contributed by atoms with van der Waals surface area (Å²) in [6, 6.07) is 5.98. The summed E-state index contributed by atoms with van der Waals surface area (Å²) >= 11 is 0. The van der Waals surface area contributed by atoms with E-state index < -0.39 is 5.60 Å². The fraction of sp³-hybridized carbons (Fsp3) is 0.438. The van der Waals surface area contributed by atoms with E-state index in [4.69, 9.17) is 4.74 Å². The average Bonchev–Trinajstić information content (AvgIpc) is 2.42. The maximum atomic E-state index is 11.5. The number of hydrogen-bond acceptors (Lipinski definition) is 4. The van der Waals surface area contributed by atoms with E-state index in [2.05, 4.69) is 15.3 Å². The molecule has 0 radical (unpaired) electrons. The standard InChI is InChI=1S/C16H21N3O2/c1-16(2,3)21-15(20)19-9-5-7-12-6-4-8-13-14(12)18-11-10-17-13/h4,6,8,10-11H,5,7,9H2,1-3H3,(H,19,20). The maximum Gasteiger partial charge on any atom is 0.407 e. The molecule has 0 unspecified atom stereocenters. The van der Waals surface area contributed by atoms with Crippen LogP contribution in [0.25, 0.3) is 11.0 Å². The summed E-state index contributed by atoms with van der Waals surface area (Å²) in [7, 11) is 0. The zero-order chi connectivity index (χ0) is 15.3. The lowest BCUT2D eigenvalue weighted by Crippen LogP contribution is -2.33. The van der Waals surface area contributed by atoms with Gasteiger partial charge in [0, 0.05) is 18.9 Å². The van der Waals surface area contributed by atoms with Crippen LogP contribution in [0.15, 0.2) is 30.6 Å². The van der Waals surface area contributed by atoms with Crippen molar-refractivity contribution in [3.8, 4) is 0 Å². The van der Waals surface area contributed by atoms with Crippen LogP contribution in [0, 0.1) is 0 Å². The highest BCUT2D eigenvalue weighted by Crippen LogP contribution is 2.15. The van der Waals surface area contributed by atoms with Crippen molar-refractivity contribution in [2.75, 3.05) is 6.54 Å². The summed E-state index contributed by atoms with van der Waals surface area (Å²) in [4.78, 5) is 20.2. The third kappa shape index (κ3) is 4.70. The Kier molecular flexibility index (Phi) is 4.73. The van der Waals surface area contributed by atoms with Crippen molar-refractivity contribution >= 4 is 17.1 Å². The predicted octanol–water partition coefficient (Wildman–Crippen LogP) is 3.09. The molecule has 2 rings (SSSR count). The minimum Gasteiger partial charge on any atom is -0.444 e. The monoisotopic (exact) mass is 287 g/mol. The normalized spacial score (nSPS) is 11.4. The van der Waals surface area contributed by atoms with Crippen LogP contribution < -0.4 is 5.32 Å². The van der Waals surface area contributed by atoms with Gasteiger partial charge in [-0.05, 0) is 45.2 Å². The number of fused-ring (bicyclic) bond motifs is 1. The van der Waals surface area contributed by atoms with Crippen molar-refractivity contribution < 1.29 is 9.53 Å². The first-order valence-electron chi connectivity index (χ1n) is 7.11. The number of nitrogens with zero attached hydrogens (tertiary/aromatic N) is 2. The molecule has 0 atom stereocenters. The van der Waals surface area contributed by atoms with Gasteiger partial charge < -0.3 is 10.1 Å². The summed E-state index contributed by atoms with van der Waals surface area (Å²) in [5.74, 6) is 0. The van der Waals surface area contributed by atoms with Crippen LogP contribution in [0.2, 0.25) is 0 Å². The van der Waals surface area contributed by atoms with Crippen molar-refractivity contribution in [2.45, 2.75) is 39.2 Å². The Hall–Kier alpha value is -2.17. The molecule has 1 amide bonds. The quantitative estimate of drug-likeness (QED) is 0.878. The number of aryl methyl sites for hydroxylation is 1. The van der Waals surface area contributed by atoms with Crippen LogP contribution >= 0.6 is 0 Å². The first-order chi connectivity index (χ1) is 9.96. The lowest BCUT2D eigenvalue weighted by molar-refractivity contribution is 0.0527. The van der Waals surface area contributed by atoms with E-state index >= 15 is 0 Å². The summed E-state index contributed by atoms with van der Waals surface area (Å²) in [5.41, 5.74) is 2.51. The lowest BCUT2D eigenvalue weighted by Gasteiger charge is -2.19. The maximum absolute atomic E-state index is 11.5. The second kappa shape index (κ2) is 6.52. The molecule has 0 aliphatic carbocycles. The van der Waals surface area contributed by atoms with E-state index in [0.717, 1.165) is 29.4 Å². The predicted molar refractivity (Wildman–Crippen MR) is 82.1 cm³/mol. The van der Waals surface area contributed by atoms with Gasteiger partial charge in [-0.25, -0.2) is 4.79 Å². The van der Waals surface area contributed by atoms with Gasteiger partial charge in [-0.1, -0.05) is 12.1 Å². The van der Waals surface area contributed by atoms with Crippen LogP contribution in [-0.4, -0.2) is 28.2 Å². The Labute approximate surface area is 124 Å². The molecular formula is C16H21N3O2. The summed E-state index contributed by atoms with van der Waals surface area (Å²) < 4.78 is 5.19. The van der Waals surface area contributed by atoms with E-state index in [1.807, 2.05) is 39.0 Å². The molecule has 5 nitrogen and oxygen atoms in total.